The van der Waals surface area contributed by atoms with Crippen molar-refractivity contribution in [2.75, 3.05) is 13.2 Å². The van der Waals surface area contributed by atoms with E-state index < -0.39 is 73.4 Å². The summed E-state index contributed by atoms with van der Waals surface area (Å²) in [4.78, 5) is 3.96. The van der Waals surface area contributed by atoms with Crippen molar-refractivity contribution in [2.24, 2.45) is 0 Å². The van der Waals surface area contributed by atoms with Crippen LogP contribution in [-0.4, -0.2) is 97.8 Å². The van der Waals surface area contributed by atoms with Crippen LogP contribution in [0.25, 0.3) is 0 Å². The van der Waals surface area contributed by atoms with Gasteiger partial charge in [-0.2, -0.15) is 0 Å². The Bertz CT molecular complexity index is 773. The van der Waals surface area contributed by atoms with Gasteiger partial charge in [-0.25, -0.2) is 4.89 Å². The Kier molecular flexibility index (Phi) is 8.06. The summed E-state index contributed by atoms with van der Waals surface area (Å²) in [5.41, 5.74) is 0.783. The minimum atomic E-state index is -2.08. The average Bonchev–Trinajstić information content (AvgIpc) is 2.79. The van der Waals surface area contributed by atoms with E-state index in [-0.39, 0.29) is 6.61 Å². The lowest BCUT2D eigenvalue weighted by molar-refractivity contribution is -0.370. The van der Waals surface area contributed by atoms with E-state index in [1.165, 1.54) is 6.92 Å². The molecule has 0 amide bonds. The summed E-state index contributed by atoms with van der Waals surface area (Å²) in [6.07, 6.45) is -10.9. The first-order valence-corrected chi connectivity index (χ1v) is 9.92. The van der Waals surface area contributed by atoms with Crippen LogP contribution in [-0.2, 0) is 30.4 Å². The Balaban J connectivity index is 1.79. The molecule has 2 aliphatic rings. The number of rotatable bonds is 8. The molecule has 12 nitrogen and oxygen atoms in total. The van der Waals surface area contributed by atoms with Crippen molar-refractivity contribution < 1.29 is 59.7 Å². The first-order chi connectivity index (χ1) is 15.2. The van der Waals surface area contributed by atoms with Gasteiger partial charge in [0.15, 0.2) is 23.9 Å². The van der Waals surface area contributed by atoms with Gasteiger partial charge in [0.2, 0.25) is 5.79 Å². The van der Waals surface area contributed by atoms with E-state index in [9.17, 15) is 30.6 Å². The first-order valence-electron chi connectivity index (χ1n) is 9.92. The Morgan fingerprint density at radius 1 is 1.06 bits per heavy atom. The number of hydrogen-bond acceptors (Lipinski definition) is 12. The Labute approximate surface area is 183 Å². The van der Waals surface area contributed by atoms with Crippen LogP contribution in [0, 0.1) is 0 Å². The second-order valence-corrected chi connectivity index (χ2v) is 7.66. The Morgan fingerprint density at radius 2 is 1.75 bits per heavy atom. The van der Waals surface area contributed by atoms with Crippen LogP contribution in [0.2, 0.25) is 0 Å². The third kappa shape index (κ3) is 5.05. The number of aliphatic hydroxyl groups is 6. The van der Waals surface area contributed by atoms with Crippen LogP contribution < -0.4 is 0 Å². The molecule has 3 rings (SSSR count). The standard InChI is InChI=1S/C20H28O12/c1-20(18(26)15(24)13(22)12(31-20)9-29-27)32-17-11(7-21)30-19(16(25)14(17)23)28-8-10-5-3-2-4-6-10/h2-6,11-13,15-16,18-19,21-27H,7-9H2,1H3/t11?,12?,13-,15-,16?,18?,19+,20?/m0/s1. The van der Waals surface area contributed by atoms with E-state index in [0.29, 0.717) is 0 Å². The van der Waals surface area contributed by atoms with Crippen LogP contribution in [0.3, 0.4) is 0 Å². The van der Waals surface area contributed by atoms with Gasteiger partial charge < -0.3 is 49.6 Å². The van der Waals surface area contributed by atoms with Crippen molar-refractivity contribution in [3.8, 4) is 0 Å². The van der Waals surface area contributed by atoms with Gasteiger partial charge in [0, 0.05) is 6.92 Å². The molecule has 32 heavy (non-hydrogen) atoms. The zero-order valence-electron chi connectivity index (χ0n) is 17.2. The van der Waals surface area contributed by atoms with Crippen LogP contribution in [0.15, 0.2) is 41.9 Å². The quantitative estimate of drug-likeness (QED) is 0.181. The molecule has 5 unspecified atom stereocenters. The fourth-order valence-corrected chi connectivity index (χ4v) is 3.53. The van der Waals surface area contributed by atoms with E-state index >= 15 is 0 Å². The SMILES string of the molecule is CC1(OC2=C(O)C(O)[C@H](OCc3ccccc3)OC2CO)OC(COO)[C@H](O)[C@H](O)C1O. The zero-order valence-corrected chi connectivity index (χ0v) is 17.2. The molecule has 0 aliphatic carbocycles. The third-order valence-electron chi connectivity index (χ3n) is 5.33. The normalized spacial score (nSPS) is 38.0. The largest absolute Gasteiger partial charge is 0.506 e. The highest BCUT2D eigenvalue weighted by Gasteiger charge is 2.54. The first kappa shape index (κ1) is 24.8. The number of aliphatic hydroxyl groups excluding tert-OH is 6. The molecule has 1 aromatic carbocycles. The summed E-state index contributed by atoms with van der Waals surface area (Å²) < 4.78 is 22.1. The van der Waals surface area contributed by atoms with Gasteiger partial charge in [-0.1, -0.05) is 30.3 Å². The van der Waals surface area contributed by atoms with Gasteiger partial charge in [0.25, 0.3) is 0 Å². The molecular formula is C20H28O12. The second-order valence-electron chi connectivity index (χ2n) is 7.66. The van der Waals surface area contributed by atoms with E-state index in [4.69, 9.17) is 24.2 Å². The molecule has 2 aliphatic heterocycles. The van der Waals surface area contributed by atoms with Crippen molar-refractivity contribution in [3.63, 3.8) is 0 Å². The van der Waals surface area contributed by atoms with Crippen molar-refractivity contribution in [2.45, 2.75) is 62.2 Å². The summed E-state index contributed by atoms with van der Waals surface area (Å²) in [6, 6.07) is 9.00. The Hall–Kier alpha value is -1.84. The van der Waals surface area contributed by atoms with Crippen molar-refractivity contribution in [3.05, 3.63) is 47.4 Å². The molecule has 0 spiro atoms. The zero-order chi connectivity index (χ0) is 23.5. The van der Waals surface area contributed by atoms with Crippen LogP contribution in [0.4, 0.5) is 0 Å². The lowest BCUT2D eigenvalue weighted by Gasteiger charge is -2.47. The van der Waals surface area contributed by atoms with Gasteiger partial charge in [-0.15, -0.1) is 0 Å². The van der Waals surface area contributed by atoms with Gasteiger partial charge in [-0.3, -0.25) is 5.26 Å². The molecule has 1 saturated heterocycles. The summed E-state index contributed by atoms with van der Waals surface area (Å²) in [5, 5.41) is 69.9. The topological polar surface area (TPSA) is 188 Å². The highest BCUT2D eigenvalue weighted by molar-refractivity contribution is 5.17. The van der Waals surface area contributed by atoms with E-state index in [1.54, 1.807) is 24.3 Å². The molecular weight excluding hydrogens is 432 g/mol. The molecule has 0 aromatic heterocycles. The van der Waals surface area contributed by atoms with Crippen LogP contribution in [0.5, 0.6) is 0 Å². The average molecular weight is 460 g/mol. The van der Waals surface area contributed by atoms with Gasteiger partial charge in [0.05, 0.1) is 13.2 Å². The lowest BCUT2D eigenvalue weighted by atomic mass is 9.93. The number of benzene rings is 1. The molecule has 2 heterocycles. The Morgan fingerprint density at radius 3 is 2.38 bits per heavy atom. The molecule has 8 atom stereocenters. The van der Waals surface area contributed by atoms with Crippen LogP contribution in [0.1, 0.15) is 12.5 Å². The molecule has 12 heteroatoms. The molecule has 1 aromatic rings. The monoisotopic (exact) mass is 460 g/mol. The van der Waals surface area contributed by atoms with E-state index in [1.807, 2.05) is 6.07 Å². The molecule has 180 valence electrons. The van der Waals surface area contributed by atoms with Crippen molar-refractivity contribution >= 4 is 0 Å². The fraction of sp³-hybridized carbons (Fsp3) is 0.600. The summed E-state index contributed by atoms with van der Waals surface area (Å²) in [5.74, 6) is -3.28. The number of ether oxygens (including phenoxy) is 4. The minimum Gasteiger partial charge on any atom is -0.506 e. The highest BCUT2D eigenvalue weighted by Crippen LogP contribution is 2.37. The smallest absolute Gasteiger partial charge is 0.236 e. The van der Waals surface area contributed by atoms with Gasteiger partial charge in [-0.05, 0) is 5.56 Å². The predicted octanol–water partition coefficient (Wildman–Crippen LogP) is -1.25. The maximum atomic E-state index is 10.5. The summed E-state index contributed by atoms with van der Waals surface area (Å²) >= 11 is 0. The van der Waals surface area contributed by atoms with Crippen molar-refractivity contribution in [1.29, 1.82) is 0 Å². The molecule has 1 fully saturated rings. The third-order valence-corrected chi connectivity index (χ3v) is 5.33. The minimum absolute atomic E-state index is 0.0522. The fourth-order valence-electron chi connectivity index (χ4n) is 3.53. The second kappa shape index (κ2) is 10.4. The maximum absolute atomic E-state index is 10.5. The molecule has 0 saturated carbocycles. The number of hydrogen-bond donors (Lipinski definition) is 7. The molecule has 7 N–H and O–H groups in total. The summed E-state index contributed by atoms with van der Waals surface area (Å²) in [7, 11) is 0. The summed E-state index contributed by atoms with van der Waals surface area (Å²) in [6.45, 7) is -0.0163. The van der Waals surface area contributed by atoms with Crippen molar-refractivity contribution in [1.82, 2.24) is 0 Å². The lowest BCUT2D eigenvalue weighted by Crippen LogP contribution is -2.65. The molecule has 0 radical (unpaired) electrons. The van der Waals surface area contributed by atoms with Gasteiger partial charge in [0.1, 0.15) is 37.1 Å². The van der Waals surface area contributed by atoms with Gasteiger partial charge >= 0.3 is 0 Å². The van der Waals surface area contributed by atoms with E-state index in [2.05, 4.69) is 4.89 Å². The molecule has 0 bridgehead atoms. The maximum Gasteiger partial charge on any atom is 0.236 e. The van der Waals surface area contributed by atoms with Crippen LogP contribution >= 0.6 is 0 Å². The highest BCUT2D eigenvalue weighted by atomic mass is 17.1. The van der Waals surface area contributed by atoms with E-state index in [0.717, 1.165) is 5.56 Å². The predicted molar refractivity (Wildman–Crippen MR) is 104 cm³/mol.